The summed E-state index contributed by atoms with van der Waals surface area (Å²) >= 11 is 0. The summed E-state index contributed by atoms with van der Waals surface area (Å²) in [6.45, 7) is 0. The predicted molar refractivity (Wildman–Crippen MR) is 60.0 cm³/mol. The van der Waals surface area contributed by atoms with Crippen LogP contribution in [0.15, 0.2) is 0 Å². The minimum atomic E-state index is -2.97. The van der Waals surface area contributed by atoms with Gasteiger partial charge in [0.05, 0.1) is 24.0 Å². The number of nitrogens with one attached hydrogen (secondary N) is 1. The average Bonchev–Trinajstić information content (AvgIpc) is 2.20. The lowest BCUT2D eigenvalue weighted by Crippen LogP contribution is -2.48. The summed E-state index contributed by atoms with van der Waals surface area (Å²) in [6.07, 6.45) is 0.276. The minimum absolute atomic E-state index is 0.0477. The Balaban J connectivity index is 2.40. The average molecular weight is 264 g/mol. The molecule has 1 atom stereocenters. The van der Waals surface area contributed by atoms with E-state index in [9.17, 15) is 18.0 Å². The molecule has 0 spiro atoms. The van der Waals surface area contributed by atoms with E-state index in [0.717, 1.165) is 0 Å². The van der Waals surface area contributed by atoms with Crippen LogP contribution in [-0.2, 0) is 19.4 Å². The highest BCUT2D eigenvalue weighted by atomic mass is 32.2. The highest BCUT2D eigenvalue weighted by Crippen LogP contribution is 2.12. The van der Waals surface area contributed by atoms with Crippen LogP contribution in [0.2, 0.25) is 0 Å². The predicted octanol–water partition coefficient (Wildman–Crippen LogP) is -1.52. The Bertz CT molecular complexity index is 392. The van der Waals surface area contributed by atoms with Gasteiger partial charge in [-0.2, -0.15) is 0 Å². The van der Waals surface area contributed by atoms with Gasteiger partial charge in [0.1, 0.15) is 9.84 Å². The van der Waals surface area contributed by atoms with Crippen LogP contribution in [0.4, 0.5) is 0 Å². The number of rotatable bonds is 4. The van der Waals surface area contributed by atoms with Gasteiger partial charge in [-0.25, -0.2) is 8.42 Å². The van der Waals surface area contributed by atoms with Crippen LogP contribution in [0.25, 0.3) is 0 Å². The third-order valence-corrected chi connectivity index (χ3v) is 4.35. The standard InChI is InChI=1S/C9H16N2O5S/c10-7(5-8(12)13)9(14)11-6-1-3-17(15,16)4-2-6/h6-7H,1-5,10H2,(H,11,14)(H,12,13). The molecule has 0 aliphatic carbocycles. The van der Waals surface area contributed by atoms with Crippen LogP contribution in [0.5, 0.6) is 0 Å². The number of sulfone groups is 1. The zero-order valence-corrected chi connectivity index (χ0v) is 10.1. The van der Waals surface area contributed by atoms with Crippen LogP contribution in [-0.4, -0.2) is 49.0 Å². The third-order valence-electron chi connectivity index (χ3n) is 2.63. The summed E-state index contributed by atoms with van der Waals surface area (Å²) < 4.78 is 22.3. The monoisotopic (exact) mass is 264 g/mol. The Labute approximate surface area is 99.3 Å². The molecule has 4 N–H and O–H groups in total. The quantitative estimate of drug-likeness (QED) is 0.566. The zero-order chi connectivity index (χ0) is 13.1. The van der Waals surface area contributed by atoms with Crippen molar-refractivity contribution >= 4 is 21.7 Å². The highest BCUT2D eigenvalue weighted by molar-refractivity contribution is 7.91. The lowest BCUT2D eigenvalue weighted by atomic mass is 10.1. The van der Waals surface area contributed by atoms with Crippen molar-refractivity contribution in [2.45, 2.75) is 31.3 Å². The summed E-state index contributed by atoms with van der Waals surface area (Å²) in [5.41, 5.74) is 5.38. The van der Waals surface area contributed by atoms with Gasteiger partial charge in [-0.3, -0.25) is 9.59 Å². The van der Waals surface area contributed by atoms with Crippen LogP contribution in [0, 0.1) is 0 Å². The maximum absolute atomic E-state index is 11.5. The molecule has 0 bridgehead atoms. The number of amides is 1. The first kappa shape index (κ1) is 13.9. The second-order valence-electron chi connectivity index (χ2n) is 4.14. The Hall–Kier alpha value is -1.15. The number of carbonyl (C=O) groups is 2. The van der Waals surface area contributed by atoms with Gasteiger partial charge in [0.2, 0.25) is 5.91 Å². The van der Waals surface area contributed by atoms with E-state index in [4.69, 9.17) is 10.8 Å². The maximum Gasteiger partial charge on any atom is 0.305 e. The first-order chi connectivity index (χ1) is 7.80. The molecular weight excluding hydrogens is 248 g/mol. The van der Waals surface area contributed by atoms with E-state index in [0.29, 0.717) is 12.8 Å². The molecule has 0 aromatic rings. The summed E-state index contributed by atoms with van der Waals surface area (Å²) in [7, 11) is -2.97. The Morgan fingerprint density at radius 2 is 1.88 bits per heavy atom. The number of carboxylic acid groups (broad SMARTS) is 1. The smallest absolute Gasteiger partial charge is 0.305 e. The van der Waals surface area contributed by atoms with Gasteiger partial charge in [0, 0.05) is 6.04 Å². The molecule has 17 heavy (non-hydrogen) atoms. The van der Waals surface area contributed by atoms with Crippen molar-refractivity contribution in [1.82, 2.24) is 5.32 Å². The largest absolute Gasteiger partial charge is 0.481 e. The van der Waals surface area contributed by atoms with E-state index in [1.54, 1.807) is 0 Å². The molecule has 1 fully saturated rings. The van der Waals surface area contributed by atoms with Gasteiger partial charge in [0.25, 0.3) is 0 Å². The fourth-order valence-corrected chi connectivity index (χ4v) is 3.11. The third kappa shape index (κ3) is 4.70. The van der Waals surface area contributed by atoms with Gasteiger partial charge in [-0.1, -0.05) is 0 Å². The molecule has 1 aliphatic rings. The summed E-state index contributed by atoms with van der Waals surface area (Å²) in [6, 6.07) is -1.32. The van der Waals surface area contributed by atoms with Crippen LogP contribution < -0.4 is 11.1 Å². The van der Waals surface area contributed by atoms with Crippen molar-refractivity contribution in [1.29, 1.82) is 0 Å². The summed E-state index contributed by atoms with van der Waals surface area (Å²) in [5, 5.41) is 11.0. The lowest BCUT2D eigenvalue weighted by Gasteiger charge is -2.24. The number of hydrogen-bond donors (Lipinski definition) is 3. The molecule has 1 saturated heterocycles. The molecule has 1 rings (SSSR count). The van der Waals surface area contributed by atoms with E-state index in [2.05, 4.69) is 5.32 Å². The fraction of sp³-hybridized carbons (Fsp3) is 0.778. The molecule has 0 saturated carbocycles. The van der Waals surface area contributed by atoms with Crippen molar-refractivity contribution in [2.24, 2.45) is 5.73 Å². The normalized spacial score (nSPS) is 21.7. The fourth-order valence-electron chi connectivity index (χ4n) is 1.62. The molecule has 8 heteroatoms. The molecular formula is C9H16N2O5S. The second-order valence-corrected chi connectivity index (χ2v) is 6.44. The molecule has 1 heterocycles. The topological polar surface area (TPSA) is 127 Å². The lowest BCUT2D eigenvalue weighted by molar-refractivity contribution is -0.139. The molecule has 1 aliphatic heterocycles. The molecule has 7 nitrogen and oxygen atoms in total. The Morgan fingerprint density at radius 1 is 1.35 bits per heavy atom. The van der Waals surface area contributed by atoms with E-state index in [-0.39, 0.29) is 17.5 Å². The minimum Gasteiger partial charge on any atom is -0.481 e. The molecule has 1 unspecified atom stereocenters. The van der Waals surface area contributed by atoms with Crippen molar-refractivity contribution < 1.29 is 23.1 Å². The van der Waals surface area contributed by atoms with Gasteiger partial charge in [-0.15, -0.1) is 0 Å². The van der Waals surface area contributed by atoms with Crippen LogP contribution in [0.1, 0.15) is 19.3 Å². The molecule has 0 aromatic heterocycles. The van der Waals surface area contributed by atoms with Gasteiger partial charge in [-0.05, 0) is 12.8 Å². The molecule has 1 amide bonds. The van der Waals surface area contributed by atoms with Gasteiger partial charge >= 0.3 is 5.97 Å². The maximum atomic E-state index is 11.5. The van der Waals surface area contributed by atoms with Crippen molar-refractivity contribution in [2.75, 3.05) is 11.5 Å². The number of carbonyl (C=O) groups excluding carboxylic acids is 1. The first-order valence-corrected chi connectivity index (χ1v) is 7.10. The van der Waals surface area contributed by atoms with Crippen molar-refractivity contribution in [3.05, 3.63) is 0 Å². The molecule has 0 aromatic carbocycles. The number of carboxylic acids is 1. The SMILES string of the molecule is NC(CC(=O)O)C(=O)NC1CCS(=O)(=O)CC1. The van der Waals surface area contributed by atoms with Crippen LogP contribution in [0.3, 0.4) is 0 Å². The Kier molecular flexibility index (Phi) is 4.47. The number of aliphatic carboxylic acids is 1. The van der Waals surface area contributed by atoms with E-state index >= 15 is 0 Å². The van der Waals surface area contributed by atoms with E-state index < -0.39 is 34.2 Å². The molecule has 0 radical (unpaired) electrons. The number of hydrogen-bond acceptors (Lipinski definition) is 5. The number of nitrogens with two attached hydrogens (primary N) is 1. The first-order valence-electron chi connectivity index (χ1n) is 5.28. The van der Waals surface area contributed by atoms with Crippen molar-refractivity contribution in [3.8, 4) is 0 Å². The van der Waals surface area contributed by atoms with Gasteiger partial charge in [0.15, 0.2) is 0 Å². The zero-order valence-electron chi connectivity index (χ0n) is 9.26. The van der Waals surface area contributed by atoms with Gasteiger partial charge < -0.3 is 16.2 Å². The summed E-state index contributed by atoms with van der Waals surface area (Å²) in [5.74, 6) is -1.59. The Morgan fingerprint density at radius 3 is 2.35 bits per heavy atom. The highest BCUT2D eigenvalue weighted by Gasteiger charge is 2.26. The van der Waals surface area contributed by atoms with E-state index in [1.165, 1.54) is 0 Å². The molecule has 98 valence electrons. The second kappa shape index (κ2) is 5.46. The van der Waals surface area contributed by atoms with Crippen LogP contribution >= 0.6 is 0 Å². The van der Waals surface area contributed by atoms with E-state index in [1.807, 2.05) is 0 Å². The summed E-state index contributed by atoms with van der Waals surface area (Å²) in [4.78, 5) is 21.8. The van der Waals surface area contributed by atoms with Crippen molar-refractivity contribution in [3.63, 3.8) is 0 Å².